The van der Waals surface area contributed by atoms with Crippen molar-refractivity contribution >= 4 is 57.6 Å². The van der Waals surface area contributed by atoms with Gasteiger partial charge < -0.3 is 24.6 Å². The summed E-state index contributed by atoms with van der Waals surface area (Å²) < 4.78 is 8.23. The first-order valence-corrected chi connectivity index (χ1v) is 17.0. The minimum Gasteiger partial charge on any atom is -0.481 e. The summed E-state index contributed by atoms with van der Waals surface area (Å²) in [6, 6.07) is 11.2. The van der Waals surface area contributed by atoms with E-state index in [0.29, 0.717) is 58.8 Å². The van der Waals surface area contributed by atoms with Crippen molar-refractivity contribution in [2.24, 2.45) is 18.9 Å². The molecule has 3 heterocycles. The van der Waals surface area contributed by atoms with Crippen molar-refractivity contribution in [3.63, 3.8) is 0 Å². The van der Waals surface area contributed by atoms with Crippen molar-refractivity contribution in [1.82, 2.24) is 14.4 Å². The maximum atomic E-state index is 13.9. The van der Waals surface area contributed by atoms with Gasteiger partial charge >= 0.3 is 5.97 Å². The highest BCUT2D eigenvalue weighted by molar-refractivity contribution is 6.36. The van der Waals surface area contributed by atoms with E-state index in [0.717, 1.165) is 49.7 Å². The van der Waals surface area contributed by atoms with Crippen LogP contribution in [0.15, 0.2) is 42.6 Å². The van der Waals surface area contributed by atoms with Crippen molar-refractivity contribution in [2.75, 3.05) is 31.6 Å². The molecule has 3 aromatic rings. The summed E-state index contributed by atoms with van der Waals surface area (Å²) >= 11 is 13.4. The maximum absolute atomic E-state index is 13.9. The fourth-order valence-electron chi connectivity index (χ4n) is 7.44. The van der Waals surface area contributed by atoms with Crippen LogP contribution in [-0.4, -0.2) is 81.7 Å². The van der Waals surface area contributed by atoms with Gasteiger partial charge in [0.05, 0.1) is 47.4 Å². The molecule has 2 aromatic carbocycles. The lowest BCUT2D eigenvalue weighted by atomic mass is 9.87. The van der Waals surface area contributed by atoms with Gasteiger partial charge in [-0.3, -0.25) is 19.3 Å². The number of hydrogen-bond acceptors (Lipinski definition) is 5. The second-order valence-electron chi connectivity index (χ2n) is 13.3. The van der Waals surface area contributed by atoms with E-state index in [9.17, 15) is 19.5 Å². The minimum atomic E-state index is -0.729. The second-order valence-corrected chi connectivity index (χ2v) is 14.2. The monoisotopic (exact) mass is 668 g/mol. The Hall–Kier alpha value is -3.11. The molecule has 3 aliphatic rings. The summed E-state index contributed by atoms with van der Waals surface area (Å²) in [5.41, 5.74) is 2.46. The number of para-hydroxylation sites is 1. The van der Waals surface area contributed by atoms with Crippen LogP contribution in [0.25, 0.3) is 10.9 Å². The van der Waals surface area contributed by atoms with Crippen LogP contribution in [0.3, 0.4) is 0 Å². The number of nitrogens with zero attached hydrogens (tertiary/aromatic N) is 3. The van der Waals surface area contributed by atoms with E-state index < -0.39 is 5.97 Å². The van der Waals surface area contributed by atoms with E-state index in [1.54, 1.807) is 18.3 Å². The Labute approximate surface area is 279 Å². The molecule has 2 N–H and O–H groups in total. The Morgan fingerprint density at radius 2 is 1.78 bits per heavy atom. The molecule has 2 aliphatic heterocycles. The number of aryl methyl sites for hydroxylation is 1. The minimum absolute atomic E-state index is 0.0169. The van der Waals surface area contributed by atoms with E-state index in [1.807, 2.05) is 40.8 Å². The highest BCUT2D eigenvalue weighted by Crippen LogP contribution is 2.34. The van der Waals surface area contributed by atoms with Crippen molar-refractivity contribution in [3.05, 3.63) is 63.8 Å². The first kappa shape index (κ1) is 32.8. The number of aliphatic carboxylic acids is 1. The van der Waals surface area contributed by atoms with Gasteiger partial charge in [-0.15, -0.1) is 0 Å². The van der Waals surface area contributed by atoms with Crippen LogP contribution in [0.2, 0.25) is 10.0 Å². The number of carboxylic acid groups (broad SMARTS) is 1. The summed E-state index contributed by atoms with van der Waals surface area (Å²) in [5, 5.41) is 13.7. The molecule has 0 spiro atoms. The van der Waals surface area contributed by atoms with Crippen molar-refractivity contribution < 1.29 is 24.2 Å². The van der Waals surface area contributed by atoms with Crippen molar-refractivity contribution in [1.29, 1.82) is 0 Å². The normalized spacial score (nSPS) is 25.3. The number of fused-ring (bicyclic) bond motifs is 1. The van der Waals surface area contributed by atoms with Crippen LogP contribution in [0.1, 0.15) is 61.4 Å². The predicted molar refractivity (Wildman–Crippen MR) is 180 cm³/mol. The molecule has 11 heteroatoms. The number of halogens is 2. The van der Waals surface area contributed by atoms with Gasteiger partial charge in [0.2, 0.25) is 5.91 Å². The lowest BCUT2D eigenvalue weighted by Gasteiger charge is -2.30. The first-order chi connectivity index (χ1) is 22.1. The van der Waals surface area contributed by atoms with Crippen molar-refractivity contribution in [2.45, 2.75) is 70.1 Å². The van der Waals surface area contributed by atoms with Gasteiger partial charge in [0, 0.05) is 48.3 Å². The number of hydrogen-bond donors (Lipinski definition) is 2. The van der Waals surface area contributed by atoms with Gasteiger partial charge in [-0.25, -0.2) is 0 Å². The SMILES string of the molecule is C[C@@H]1CCN([C@H]2C[C@@H](COC3CCC(C(=O)O)CC3)N(C(=O)Cc3cc(Cl)c(NC(=O)c4cn(C)c5ccccc45)cc3Cl)C2)C1. The molecule has 0 bridgehead atoms. The van der Waals surface area contributed by atoms with Crippen LogP contribution in [0.5, 0.6) is 0 Å². The molecule has 246 valence electrons. The van der Waals surface area contributed by atoms with Crippen LogP contribution in [-0.2, 0) is 27.8 Å². The largest absolute Gasteiger partial charge is 0.481 e. The number of carbonyl (C=O) groups excluding carboxylic acids is 2. The lowest BCUT2D eigenvalue weighted by molar-refractivity contribution is -0.144. The van der Waals surface area contributed by atoms with Crippen LogP contribution in [0.4, 0.5) is 5.69 Å². The number of likely N-dealkylation sites (tertiary alicyclic amines) is 2. The fraction of sp³-hybridized carbons (Fsp3) is 0.514. The van der Waals surface area contributed by atoms with Gasteiger partial charge in [0.25, 0.3) is 5.91 Å². The highest BCUT2D eigenvalue weighted by atomic mass is 35.5. The molecule has 1 aliphatic carbocycles. The smallest absolute Gasteiger partial charge is 0.306 e. The third-order valence-electron chi connectivity index (χ3n) is 10.1. The van der Waals surface area contributed by atoms with E-state index in [4.69, 9.17) is 27.9 Å². The Balaban J connectivity index is 1.13. The molecule has 3 fully saturated rings. The van der Waals surface area contributed by atoms with E-state index >= 15 is 0 Å². The van der Waals surface area contributed by atoms with E-state index in [1.165, 1.54) is 0 Å². The topological polar surface area (TPSA) is 104 Å². The number of ether oxygens (including phenoxy) is 1. The molecule has 1 saturated carbocycles. The standard InChI is InChI=1S/C35H42Cl2N4O5/c1-21-11-12-40(17-21)24-15-25(20-46-26-9-7-22(8-10-26)35(44)45)41(18-24)33(42)14-23-13-30(37)31(16-29(23)36)38-34(43)28-19-39(2)32-6-4-3-5-27(28)32/h3-6,13,16,19,21-22,24-26H,7-12,14-15,17-18,20H2,1-2H3,(H,38,43)(H,44,45)/t21-,22?,24+,25+,26?/m1/s1. The lowest BCUT2D eigenvalue weighted by Crippen LogP contribution is -2.41. The second kappa shape index (κ2) is 13.9. The molecule has 0 unspecified atom stereocenters. The predicted octanol–water partition coefficient (Wildman–Crippen LogP) is 6.25. The number of aromatic nitrogens is 1. The third kappa shape index (κ3) is 7.08. The molecular weight excluding hydrogens is 627 g/mol. The summed E-state index contributed by atoms with van der Waals surface area (Å²) in [5.74, 6) is -0.710. The molecule has 9 nitrogen and oxygen atoms in total. The Morgan fingerprint density at radius 3 is 2.50 bits per heavy atom. The molecule has 2 amide bonds. The highest BCUT2D eigenvalue weighted by Gasteiger charge is 2.40. The summed E-state index contributed by atoms with van der Waals surface area (Å²) in [7, 11) is 1.89. The molecule has 0 radical (unpaired) electrons. The van der Waals surface area contributed by atoms with Gasteiger partial charge in [-0.2, -0.15) is 0 Å². The average Bonchev–Trinajstić information content (AvgIpc) is 3.76. The zero-order valence-electron chi connectivity index (χ0n) is 26.4. The van der Waals surface area contributed by atoms with Crippen LogP contribution < -0.4 is 5.32 Å². The van der Waals surface area contributed by atoms with Crippen LogP contribution in [0, 0.1) is 11.8 Å². The Morgan fingerprint density at radius 1 is 1.02 bits per heavy atom. The van der Waals surface area contributed by atoms with Gasteiger partial charge in [-0.05, 0) is 74.8 Å². The molecule has 1 aromatic heterocycles. The van der Waals surface area contributed by atoms with E-state index in [-0.39, 0.29) is 42.3 Å². The molecule has 2 saturated heterocycles. The number of carbonyl (C=O) groups is 3. The zero-order valence-corrected chi connectivity index (χ0v) is 27.9. The summed E-state index contributed by atoms with van der Waals surface area (Å²) in [6.07, 6.45) is 6.59. The molecule has 6 rings (SSSR count). The summed E-state index contributed by atoms with van der Waals surface area (Å²) in [4.78, 5) is 42.9. The summed E-state index contributed by atoms with van der Waals surface area (Å²) in [6.45, 7) is 5.41. The number of amides is 2. The number of benzene rings is 2. The maximum Gasteiger partial charge on any atom is 0.306 e. The van der Waals surface area contributed by atoms with Crippen LogP contribution >= 0.6 is 23.2 Å². The Bertz CT molecular complexity index is 1620. The number of carboxylic acids is 1. The van der Waals surface area contributed by atoms with Gasteiger partial charge in [0.15, 0.2) is 0 Å². The van der Waals surface area contributed by atoms with E-state index in [2.05, 4.69) is 17.1 Å². The van der Waals surface area contributed by atoms with Gasteiger partial charge in [0.1, 0.15) is 0 Å². The molecular formula is C35H42Cl2N4O5. The molecule has 46 heavy (non-hydrogen) atoms. The molecule has 3 atom stereocenters. The van der Waals surface area contributed by atoms with Crippen molar-refractivity contribution in [3.8, 4) is 0 Å². The quantitative estimate of drug-likeness (QED) is 0.279. The average molecular weight is 670 g/mol. The number of nitrogens with one attached hydrogen (secondary N) is 1. The number of rotatable bonds is 9. The Kier molecular flexibility index (Phi) is 9.94. The first-order valence-electron chi connectivity index (χ1n) is 16.3. The third-order valence-corrected chi connectivity index (χ3v) is 10.8. The fourth-order valence-corrected chi connectivity index (χ4v) is 7.90. The zero-order chi connectivity index (χ0) is 32.5. The number of anilines is 1. The van der Waals surface area contributed by atoms with Gasteiger partial charge in [-0.1, -0.05) is 48.3 Å².